The summed E-state index contributed by atoms with van der Waals surface area (Å²) >= 11 is 9.08. The van der Waals surface area contributed by atoms with Crippen LogP contribution in [0.25, 0.3) is 0 Å². The molecule has 0 aromatic heterocycles. The van der Waals surface area contributed by atoms with Gasteiger partial charge in [0.2, 0.25) is 0 Å². The first-order valence-corrected chi connectivity index (χ1v) is 8.39. The van der Waals surface area contributed by atoms with Crippen molar-refractivity contribution in [3.63, 3.8) is 0 Å². The predicted octanol–water partition coefficient (Wildman–Crippen LogP) is 3.93. The van der Waals surface area contributed by atoms with Crippen LogP contribution in [-0.2, 0) is 10.0 Å². The minimum atomic E-state index is -3.92. The molecule has 2 aromatic rings. The number of hydrogen-bond acceptors (Lipinski definition) is 3. The summed E-state index contributed by atoms with van der Waals surface area (Å²) in [5.41, 5.74) is 6.46. The van der Waals surface area contributed by atoms with E-state index in [0.29, 0.717) is 10.0 Å². The number of hydrogen-bond donors (Lipinski definition) is 2. The van der Waals surface area contributed by atoms with Crippen molar-refractivity contribution in [3.05, 3.63) is 51.2 Å². The summed E-state index contributed by atoms with van der Waals surface area (Å²) in [4.78, 5) is 0.00327. The van der Waals surface area contributed by atoms with Crippen LogP contribution in [-0.4, -0.2) is 8.42 Å². The van der Waals surface area contributed by atoms with Gasteiger partial charge in [-0.15, -0.1) is 0 Å². The van der Waals surface area contributed by atoms with Gasteiger partial charge in [0.1, 0.15) is 5.82 Å². The fourth-order valence-corrected chi connectivity index (χ4v) is 3.75. The zero-order valence-corrected chi connectivity index (χ0v) is 14.0. The summed E-state index contributed by atoms with van der Waals surface area (Å²) in [7, 11) is -3.92. The number of nitrogens with one attached hydrogen (secondary N) is 1. The smallest absolute Gasteiger partial charge is 0.262 e. The third-order valence-corrected chi connectivity index (χ3v) is 5.28. The summed E-state index contributed by atoms with van der Waals surface area (Å²) in [5, 5.41) is 0.0997. The lowest BCUT2D eigenvalue weighted by Crippen LogP contribution is -2.15. The second-order valence-corrected chi connectivity index (χ2v) is 7.28. The van der Waals surface area contributed by atoms with E-state index < -0.39 is 15.8 Å². The number of aryl methyl sites for hydroxylation is 1. The van der Waals surface area contributed by atoms with Crippen LogP contribution < -0.4 is 10.5 Å². The van der Waals surface area contributed by atoms with Gasteiger partial charge >= 0.3 is 0 Å². The average molecular weight is 394 g/mol. The molecule has 0 atom stereocenters. The van der Waals surface area contributed by atoms with Crippen LogP contribution in [0.5, 0.6) is 0 Å². The zero-order chi connectivity index (χ0) is 15.8. The molecule has 0 amide bonds. The molecule has 0 saturated carbocycles. The fraction of sp³-hybridized carbons (Fsp3) is 0.0769. The van der Waals surface area contributed by atoms with Gasteiger partial charge in [0.05, 0.1) is 15.6 Å². The van der Waals surface area contributed by atoms with Crippen LogP contribution in [0.2, 0.25) is 5.02 Å². The van der Waals surface area contributed by atoms with Crippen LogP contribution in [0.3, 0.4) is 0 Å². The lowest BCUT2D eigenvalue weighted by molar-refractivity contribution is 0.600. The molecule has 0 saturated heterocycles. The summed E-state index contributed by atoms with van der Waals surface area (Å²) in [6, 6.07) is 6.35. The van der Waals surface area contributed by atoms with Crippen LogP contribution in [0.15, 0.2) is 39.7 Å². The Balaban J connectivity index is 2.48. The van der Waals surface area contributed by atoms with Crippen molar-refractivity contribution in [2.24, 2.45) is 0 Å². The Kier molecular flexibility index (Phi) is 4.46. The number of nitrogens with two attached hydrogens (primary N) is 1. The van der Waals surface area contributed by atoms with Crippen molar-refractivity contribution in [1.29, 1.82) is 0 Å². The molecule has 2 rings (SSSR count). The topological polar surface area (TPSA) is 72.2 Å². The lowest BCUT2D eigenvalue weighted by atomic mass is 10.2. The highest BCUT2D eigenvalue weighted by Crippen LogP contribution is 2.30. The molecular formula is C13H11BrClFN2O2S. The van der Waals surface area contributed by atoms with Crippen LogP contribution in [0, 0.1) is 12.7 Å². The Hall–Kier alpha value is -1.31. The highest BCUT2D eigenvalue weighted by atomic mass is 79.9. The Morgan fingerprint density at radius 2 is 1.95 bits per heavy atom. The van der Waals surface area contributed by atoms with Crippen molar-refractivity contribution in [2.75, 3.05) is 10.5 Å². The van der Waals surface area contributed by atoms with Crippen molar-refractivity contribution in [1.82, 2.24) is 0 Å². The van der Waals surface area contributed by atoms with E-state index in [4.69, 9.17) is 17.3 Å². The van der Waals surface area contributed by atoms with Gasteiger partial charge in [-0.3, -0.25) is 4.72 Å². The van der Waals surface area contributed by atoms with E-state index in [1.807, 2.05) is 0 Å². The maximum atomic E-state index is 13.2. The maximum absolute atomic E-state index is 13.2. The Bertz CT molecular complexity index is 812. The van der Waals surface area contributed by atoms with E-state index in [-0.39, 0.29) is 21.3 Å². The molecule has 0 heterocycles. The highest BCUT2D eigenvalue weighted by Gasteiger charge is 2.20. The van der Waals surface area contributed by atoms with Crippen molar-refractivity contribution in [2.45, 2.75) is 11.8 Å². The molecule has 3 N–H and O–H groups in total. The van der Waals surface area contributed by atoms with E-state index in [9.17, 15) is 12.8 Å². The quantitative estimate of drug-likeness (QED) is 0.776. The lowest BCUT2D eigenvalue weighted by Gasteiger charge is -2.13. The van der Waals surface area contributed by atoms with Gasteiger partial charge in [-0.2, -0.15) is 0 Å². The number of sulfonamides is 1. The molecule has 0 aliphatic rings. The molecule has 8 heteroatoms. The van der Waals surface area contributed by atoms with E-state index in [0.717, 1.165) is 12.1 Å². The molecule has 2 aromatic carbocycles. The maximum Gasteiger partial charge on any atom is 0.262 e. The Morgan fingerprint density at radius 3 is 2.62 bits per heavy atom. The van der Waals surface area contributed by atoms with Gasteiger partial charge in [0.15, 0.2) is 0 Å². The molecule has 0 fully saturated rings. The van der Waals surface area contributed by atoms with E-state index in [2.05, 4.69) is 20.7 Å². The van der Waals surface area contributed by atoms with Crippen molar-refractivity contribution >= 4 is 48.9 Å². The molecule has 21 heavy (non-hydrogen) atoms. The molecular weight excluding hydrogens is 383 g/mol. The number of benzene rings is 2. The van der Waals surface area contributed by atoms with Gasteiger partial charge in [-0.1, -0.05) is 11.6 Å². The van der Waals surface area contributed by atoms with Crippen molar-refractivity contribution < 1.29 is 12.8 Å². The molecule has 0 bridgehead atoms. The number of nitrogen functional groups attached to an aromatic ring is 1. The fourth-order valence-electron chi connectivity index (χ4n) is 1.73. The first-order valence-electron chi connectivity index (χ1n) is 5.74. The second-order valence-electron chi connectivity index (χ2n) is 4.37. The average Bonchev–Trinajstić information content (AvgIpc) is 2.37. The van der Waals surface area contributed by atoms with E-state index >= 15 is 0 Å². The molecule has 112 valence electrons. The van der Waals surface area contributed by atoms with Crippen LogP contribution in [0.1, 0.15) is 5.56 Å². The number of anilines is 2. The van der Waals surface area contributed by atoms with Gasteiger partial charge in [0.25, 0.3) is 10.0 Å². The molecule has 4 nitrogen and oxygen atoms in total. The summed E-state index contributed by atoms with van der Waals surface area (Å²) in [6.07, 6.45) is 0. The van der Waals surface area contributed by atoms with E-state index in [1.165, 1.54) is 12.1 Å². The largest absolute Gasteiger partial charge is 0.398 e. The Labute approximate surface area is 135 Å². The number of halogens is 3. The molecule has 0 spiro atoms. The SMILES string of the molecule is Cc1cc(Br)c(N)cc1S(=O)(=O)Nc1cc(F)ccc1Cl. The third kappa shape index (κ3) is 3.48. The van der Waals surface area contributed by atoms with Crippen LogP contribution in [0.4, 0.5) is 15.8 Å². The highest BCUT2D eigenvalue weighted by molar-refractivity contribution is 9.10. The monoisotopic (exact) mass is 392 g/mol. The summed E-state index contributed by atoms with van der Waals surface area (Å²) in [5.74, 6) is -0.593. The molecule has 0 radical (unpaired) electrons. The first-order chi connectivity index (χ1) is 9.70. The molecule has 0 unspecified atom stereocenters. The normalized spacial score (nSPS) is 11.4. The van der Waals surface area contributed by atoms with Gasteiger partial charge in [-0.25, -0.2) is 12.8 Å². The predicted molar refractivity (Wildman–Crippen MR) is 85.5 cm³/mol. The minimum absolute atomic E-state index is 0.00327. The van der Waals surface area contributed by atoms with Gasteiger partial charge < -0.3 is 5.73 Å². The number of rotatable bonds is 3. The molecule has 0 aliphatic carbocycles. The van der Waals surface area contributed by atoms with Gasteiger partial charge in [-0.05, 0) is 58.7 Å². The summed E-state index contributed by atoms with van der Waals surface area (Å²) in [6.45, 7) is 1.63. The second kappa shape index (κ2) is 5.82. The van der Waals surface area contributed by atoms with Gasteiger partial charge in [0, 0.05) is 10.2 Å². The van der Waals surface area contributed by atoms with E-state index in [1.54, 1.807) is 13.0 Å². The van der Waals surface area contributed by atoms with Crippen molar-refractivity contribution in [3.8, 4) is 0 Å². The first kappa shape index (κ1) is 16.1. The minimum Gasteiger partial charge on any atom is -0.398 e. The van der Waals surface area contributed by atoms with Crippen LogP contribution >= 0.6 is 27.5 Å². The zero-order valence-electron chi connectivity index (χ0n) is 10.8. The third-order valence-electron chi connectivity index (χ3n) is 2.76. The standard InChI is InChI=1S/C13H11BrClFN2O2S/c1-7-4-9(14)11(17)6-13(7)21(19,20)18-12-5-8(16)2-3-10(12)15/h2-6,18H,17H2,1H3. The Morgan fingerprint density at radius 1 is 1.29 bits per heavy atom. The molecule has 0 aliphatic heterocycles. The summed E-state index contributed by atoms with van der Waals surface area (Å²) < 4.78 is 40.8.